The fourth-order valence-electron chi connectivity index (χ4n) is 4.20. The minimum atomic E-state index is 1.05. The molecule has 28 heavy (non-hydrogen) atoms. The number of anilines is 2. The highest BCUT2D eigenvalue weighted by atomic mass is 32.2. The van der Waals surface area contributed by atoms with Gasteiger partial charge in [-0.15, -0.1) is 0 Å². The second-order valence-corrected chi connectivity index (χ2v) is 8.30. The Morgan fingerprint density at radius 3 is 2.57 bits per heavy atom. The van der Waals surface area contributed by atoms with Crippen molar-refractivity contribution in [3.8, 4) is 0 Å². The molecule has 2 aliphatic heterocycles. The van der Waals surface area contributed by atoms with Gasteiger partial charge in [0, 0.05) is 31.6 Å². The van der Waals surface area contributed by atoms with Crippen molar-refractivity contribution >= 4 is 39.9 Å². The van der Waals surface area contributed by atoms with Gasteiger partial charge < -0.3 is 4.72 Å². The van der Waals surface area contributed by atoms with E-state index in [4.69, 9.17) is 0 Å². The number of benzene rings is 3. The van der Waals surface area contributed by atoms with Crippen LogP contribution >= 0.6 is 12.1 Å². The Labute approximate surface area is 171 Å². The lowest BCUT2D eigenvalue weighted by atomic mass is 9.99. The zero-order valence-electron chi connectivity index (χ0n) is 16.0. The highest BCUT2D eigenvalue weighted by molar-refractivity contribution is 8.02. The largest absolute Gasteiger partial charge is 0.311 e. The molecule has 3 aromatic carbocycles. The molecule has 1 N–H and O–H groups in total. The summed E-state index contributed by atoms with van der Waals surface area (Å²) in [6, 6.07) is 23.9. The van der Waals surface area contributed by atoms with Crippen molar-refractivity contribution in [2.45, 2.75) is 12.8 Å². The van der Waals surface area contributed by atoms with Gasteiger partial charge in [0.15, 0.2) is 0 Å². The molecule has 3 nitrogen and oxygen atoms in total. The number of hydrogen-bond donors (Lipinski definition) is 1. The monoisotopic (exact) mass is 387 g/mol. The molecular formula is C24H25N3S. The third-order valence-electron chi connectivity index (χ3n) is 5.69. The summed E-state index contributed by atoms with van der Waals surface area (Å²) in [4.78, 5) is 2.57. The lowest BCUT2D eigenvalue weighted by Crippen LogP contribution is -2.32. The topological polar surface area (TPSA) is 18.5 Å². The van der Waals surface area contributed by atoms with E-state index in [1.807, 2.05) is 0 Å². The summed E-state index contributed by atoms with van der Waals surface area (Å²) in [5.74, 6) is 0. The highest BCUT2D eigenvalue weighted by Crippen LogP contribution is 2.41. The highest BCUT2D eigenvalue weighted by Gasteiger charge is 2.19. The van der Waals surface area contributed by atoms with Crippen LogP contribution in [0.5, 0.6) is 0 Å². The van der Waals surface area contributed by atoms with Crippen molar-refractivity contribution in [1.82, 2.24) is 4.90 Å². The Bertz CT molecular complexity index is 994. The molecule has 0 saturated heterocycles. The van der Waals surface area contributed by atoms with Crippen LogP contribution in [0.25, 0.3) is 16.3 Å². The lowest BCUT2D eigenvalue weighted by Gasteiger charge is -2.31. The van der Waals surface area contributed by atoms with Crippen LogP contribution < -0.4 is 9.03 Å². The third kappa shape index (κ3) is 3.50. The van der Waals surface area contributed by atoms with Gasteiger partial charge in [0.25, 0.3) is 0 Å². The van der Waals surface area contributed by atoms with Crippen molar-refractivity contribution in [3.05, 3.63) is 78.4 Å². The summed E-state index contributed by atoms with van der Waals surface area (Å²) in [6.45, 7) is 4.42. The zero-order valence-corrected chi connectivity index (χ0v) is 16.8. The van der Waals surface area contributed by atoms with Gasteiger partial charge in [-0.3, -0.25) is 9.21 Å². The maximum absolute atomic E-state index is 3.51. The van der Waals surface area contributed by atoms with E-state index in [0.717, 1.165) is 32.6 Å². The second kappa shape index (κ2) is 7.90. The predicted molar refractivity (Wildman–Crippen MR) is 123 cm³/mol. The third-order valence-corrected chi connectivity index (χ3v) is 6.60. The Balaban J connectivity index is 1.20. The van der Waals surface area contributed by atoms with Gasteiger partial charge in [-0.25, -0.2) is 0 Å². The van der Waals surface area contributed by atoms with Gasteiger partial charge in [-0.05, 0) is 41.5 Å². The summed E-state index contributed by atoms with van der Waals surface area (Å²) in [6.07, 6.45) is 4.73. The molecule has 0 atom stereocenters. The molecule has 0 amide bonds. The van der Waals surface area contributed by atoms with Gasteiger partial charge in [-0.2, -0.15) is 0 Å². The Morgan fingerprint density at radius 2 is 1.75 bits per heavy atom. The van der Waals surface area contributed by atoms with Gasteiger partial charge in [0.05, 0.1) is 23.5 Å². The van der Waals surface area contributed by atoms with Gasteiger partial charge in [0.2, 0.25) is 0 Å². The normalized spacial score (nSPS) is 16.7. The average molecular weight is 388 g/mol. The first-order valence-electron chi connectivity index (χ1n) is 10.1. The molecule has 0 unspecified atom stereocenters. The standard InChI is InChI=1S/C24H25N3S/c1-2-7-19(8-3-1)20-13-17-26(18-14-20)15-6-16-27-23-12-5-10-21-9-4-11-22(24(21)23)25-28-27/h1-5,7-13,25H,6,14-18H2. The van der Waals surface area contributed by atoms with Crippen LogP contribution in [0.3, 0.4) is 0 Å². The van der Waals surface area contributed by atoms with E-state index in [1.54, 1.807) is 12.1 Å². The van der Waals surface area contributed by atoms with Crippen LogP contribution in [-0.4, -0.2) is 31.1 Å². The first-order valence-corrected chi connectivity index (χ1v) is 10.8. The molecule has 3 aromatic rings. The Kier molecular flexibility index (Phi) is 4.98. The van der Waals surface area contributed by atoms with Crippen molar-refractivity contribution in [2.75, 3.05) is 35.2 Å². The number of rotatable bonds is 5. The molecular weight excluding hydrogens is 362 g/mol. The van der Waals surface area contributed by atoms with E-state index in [9.17, 15) is 0 Å². The molecule has 0 fully saturated rings. The maximum Gasteiger partial charge on any atom is 0.0685 e. The predicted octanol–water partition coefficient (Wildman–Crippen LogP) is 5.81. The van der Waals surface area contributed by atoms with Crippen molar-refractivity contribution in [2.24, 2.45) is 0 Å². The minimum absolute atomic E-state index is 1.05. The summed E-state index contributed by atoms with van der Waals surface area (Å²) in [5, 5.41) is 2.65. The van der Waals surface area contributed by atoms with E-state index in [0.29, 0.717) is 0 Å². The lowest BCUT2D eigenvalue weighted by molar-refractivity contribution is 0.300. The number of hydrogen-bond acceptors (Lipinski definition) is 4. The van der Waals surface area contributed by atoms with Crippen LogP contribution in [-0.2, 0) is 0 Å². The molecule has 0 spiro atoms. The molecule has 5 rings (SSSR count). The fraction of sp³-hybridized carbons (Fsp3) is 0.250. The average Bonchev–Trinajstić information content (AvgIpc) is 2.77. The molecule has 0 aromatic heterocycles. The molecule has 142 valence electrons. The van der Waals surface area contributed by atoms with Crippen LogP contribution in [0.1, 0.15) is 18.4 Å². The van der Waals surface area contributed by atoms with Crippen LogP contribution in [0.2, 0.25) is 0 Å². The first kappa shape index (κ1) is 17.7. The van der Waals surface area contributed by atoms with Gasteiger partial charge >= 0.3 is 0 Å². The van der Waals surface area contributed by atoms with Gasteiger partial charge in [-0.1, -0.05) is 60.7 Å². The van der Waals surface area contributed by atoms with Crippen LogP contribution in [0, 0.1) is 0 Å². The van der Waals surface area contributed by atoms with Crippen LogP contribution in [0.4, 0.5) is 11.4 Å². The minimum Gasteiger partial charge on any atom is -0.311 e. The van der Waals surface area contributed by atoms with Crippen molar-refractivity contribution in [3.63, 3.8) is 0 Å². The van der Waals surface area contributed by atoms with Crippen LogP contribution in [0.15, 0.2) is 72.8 Å². The molecule has 2 heterocycles. The van der Waals surface area contributed by atoms with E-state index in [2.05, 4.69) is 86.7 Å². The second-order valence-electron chi connectivity index (χ2n) is 7.48. The molecule has 0 bridgehead atoms. The van der Waals surface area contributed by atoms with Crippen molar-refractivity contribution in [1.29, 1.82) is 0 Å². The van der Waals surface area contributed by atoms with Gasteiger partial charge in [0.1, 0.15) is 0 Å². The Hall–Kier alpha value is -2.43. The molecule has 0 aliphatic carbocycles. The SMILES string of the molecule is C1=C(c2ccccc2)CCN(CCCN2SNc3cccc4cccc2c34)C1. The van der Waals surface area contributed by atoms with E-state index >= 15 is 0 Å². The van der Waals surface area contributed by atoms with E-state index < -0.39 is 0 Å². The number of nitrogens with one attached hydrogen (secondary N) is 1. The fourth-order valence-corrected chi connectivity index (χ4v) is 5.05. The van der Waals surface area contributed by atoms with Crippen molar-refractivity contribution < 1.29 is 0 Å². The summed E-state index contributed by atoms with van der Waals surface area (Å²) >= 11 is 1.72. The summed E-state index contributed by atoms with van der Waals surface area (Å²) in [5.41, 5.74) is 5.44. The van der Waals surface area contributed by atoms with E-state index in [-0.39, 0.29) is 0 Å². The number of nitrogens with zero attached hydrogens (tertiary/aromatic N) is 2. The zero-order chi connectivity index (χ0) is 18.8. The summed E-state index contributed by atoms with van der Waals surface area (Å²) in [7, 11) is 0. The maximum atomic E-state index is 3.51. The van der Waals surface area contributed by atoms with E-state index in [1.165, 1.54) is 39.7 Å². The summed E-state index contributed by atoms with van der Waals surface area (Å²) < 4.78 is 5.92. The first-order chi connectivity index (χ1) is 13.9. The smallest absolute Gasteiger partial charge is 0.0685 e. The molecule has 2 aliphatic rings. The molecule has 0 saturated carbocycles. The molecule has 4 heteroatoms. The molecule has 0 radical (unpaired) electrons. The quantitative estimate of drug-likeness (QED) is 0.556. The Morgan fingerprint density at radius 1 is 0.893 bits per heavy atom.